The van der Waals surface area contributed by atoms with E-state index in [1.54, 1.807) is 12.1 Å². The molecule has 3 rings (SSSR count). The van der Waals surface area contributed by atoms with Crippen molar-refractivity contribution in [2.75, 3.05) is 19.6 Å². The molecule has 2 aromatic rings. The highest BCUT2D eigenvalue weighted by Crippen LogP contribution is 2.26. The third kappa shape index (κ3) is 4.07. The van der Waals surface area contributed by atoms with Gasteiger partial charge in [-0.15, -0.1) is 0 Å². The van der Waals surface area contributed by atoms with Crippen LogP contribution in [-0.2, 0) is 14.8 Å². The first-order valence-corrected chi connectivity index (χ1v) is 10.7. The molecule has 1 atom stereocenters. The fourth-order valence-corrected chi connectivity index (χ4v) is 4.94. The van der Waals surface area contributed by atoms with E-state index in [0.717, 1.165) is 30.0 Å². The number of piperidine rings is 1. The quantitative estimate of drug-likeness (QED) is 0.790. The summed E-state index contributed by atoms with van der Waals surface area (Å²) in [5.41, 5.74) is 0. The van der Waals surface area contributed by atoms with Crippen LogP contribution in [-0.4, -0.2) is 38.3 Å². The monoisotopic (exact) mass is 374 g/mol. The predicted octanol–water partition coefficient (Wildman–Crippen LogP) is 3.16. The molecule has 1 fully saturated rings. The summed E-state index contributed by atoms with van der Waals surface area (Å²) in [5.74, 6) is -0.298. The van der Waals surface area contributed by atoms with Crippen molar-refractivity contribution in [1.82, 2.24) is 9.62 Å². The number of hydrogen-bond acceptors (Lipinski definition) is 3. The average molecular weight is 375 g/mol. The van der Waals surface area contributed by atoms with Crippen molar-refractivity contribution in [3.8, 4) is 0 Å². The third-order valence-electron chi connectivity index (χ3n) is 4.94. The molecule has 140 valence electrons. The molecule has 1 N–H and O–H groups in total. The van der Waals surface area contributed by atoms with Gasteiger partial charge in [0.15, 0.2) is 0 Å². The Hall–Kier alpha value is -1.92. The first kappa shape index (κ1) is 18.9. The van der Waals surface area contributed by atoms with Gasteiger partial charge < -0.3 is 5.32 Å². The number of carbonyl (C=O) groups is 1. The van der Waals surface area contributed by atoms with Crippen LogP contribution < -0.4 is 5.32 Å². The van der Waals surface area contributed by atoms with Crippen molar-refractivity contribution in [3.63, 3.8) is 0 Å². The lowest BCUT2D eigenvalue weighted by Gasteiger charge is -2.31. The average Bonchev–Trinajstić information content (AvgIpc) is 2.67. The van der Waals surface area contributed by atoms with Gasteiger partial charge in [-0.25, -0.2) is 8.42 Å². The van der Waals surface area contributed by atoms with Gasteiger partial charge in [0.25, 0.3) is 0 Å². The molecule has 0 radical (unpaired) electrons. The summed E-state index contributed by atoms with van der Waals surface area (Å²) in [5, 5.41) is 4.84. The van der Waals surface area contributed by atoms with Gasteiger partial charge in [-0.05, 0) is 42.2 Å². The van der Waals surface area contributed by atoms with Crippen molar-refractivity contribution >= 4 is 26.7 Å². The van der Waals surface area contributed by atoms with Crippen LogP contribution in [0.15, 0.2) is 47.4 Å². The molecule has 5 nitrogen and oxygen atoms in total. The van der Waals surface area contributed by atoms with Gasteiger partial charge >= 0.3 is 0 Å². The lowest BCUT2D eigenvalue weighted by atomic mass is 9.99. The zero-order valence-electron chi connectivity index (χ0n) is 15.1. The van der Waals surface area contributed by atoms with Crippen LogP contribution in [0.2, 0.25) is 0 Å². The topological polar surface area (TPSA) is 66.5 Å². The fourth-order valence-electron chi connectivity index (χ4n) is 3.38. The van der Waals surface area contributed by atoms with Gasteiger partial charge in [0.2, 0.25) is 15.9 Å². The lowest BCUT2D eigenvalue weighted by Crippen LogP contribution is -2.45. The summed E-state index contributed by atoms with van der Waals surface area (Å²) < 4.78 is 27.6. The Kier molecular flexibility index (Phi) is 5.94. The molecule has 1 aliphatic heterocycles. The Bertz CT molecular complexity index is 880. The van der Waals surface area contributed by atoms with E-state index in [1.165, 1.54) is 4.31 Å². The molecule has 0 aromatic heterocycles. The lowest BCUT2D eigenvalue weighted by molar-refractivity contribution is -0.126. The van der Waals surface area contributed by atoms with Crippen molar-refractivity contribution < 1.29 is 13.2 Å². The number of rotatable bonds is 6. The largest absolute Gasteiger partial charge is 0.356 e. The van der Waals surface area contributed by atoms with E-state index in [9.17, 15) is 13.2 Å². The minimum atomic E-state index is -3.59. The summed E-state index contributed by atoms with van der Waals surface area (Å²) in [4.78, 5) is 12.6. The molecule has 1 heterocycles. The molecule has 0 spiro atoms. The molecule has 1 saturated heterocycles. The molecule has 2 aromatic carbocycles. The molecule has 0 saturated carbocycles. The van der Waals surface area contributed by atoms with Crippen LogP contribution in [0.4, 0.5) is 0 Å². The van der Waals surface area contributed by atoms with E-state index < -0.39 is 10.0 Å². The van der Waals surface area contributed by atoms with Gasteiger partial charge in [0.05, 0.1) is 10.8 Å². The Morgan fingerprint density at radius 1 is 1.19 bits per heavy atom. The Balaban J connectivity index is 1.76. The van der Waals surface area contributed by atoms with Crippen LogP contribution in [0.25, 0.3) is 10.8 Å². The van der Waals surface area contributed by atoms with E-state index in [4.69, 9.17) is 0 Å². The summed E-state index contributed by atoms with van der Waals surface area (Å²) in [6, 6.07) is 12.9. The molecular formula is C20H26N2O3S. The minimum Gasteiger partial charge on any atom is -0.356 e. The number of unbranched alkanes of at least 4 members (excludes halogenated alkanes) is 1. The zero-order chi connectivity index (χ0) is 18.6. The van der Waals surface area contributed by atoms with Crippen molar-refractivity contribution in [1.29, 1.82) is 0 Å². The molecule has 1 aliphatic rings. The number of hydrogen-bond donors (Lipinski definition) is 1. The number of fused-ring (bicyclic) bond motifs is 1. The first-order valence-electron chi connectivity index (χ1n) is 9.29. The Labute approximate surface area is 155 Å². The van der Waals surface area contributed by atoms with Gasteiger partial charge in [-0.3, -0.25) is 4.79 Å². The van der Waals surface area contributed by atoms with Crippen LogP contribution in [0.1, 0.15) is 32.6 Å². The van der Waals surface area contributed by atoms with Gasteiger partial charge in [0, 0.05) is 19.6 Å². The van der Waals surface area contributed by atoms with E-state index >= 15 is 0 Å². The van der Waals surface area contributed by atoms with Crippen molar-refractivity contribution in [2.45, 2.75) is 37.5 Å². The highest BCUT2D eigenvalue weighted by atomic mass is 32.2. The number of sulfonamides is 1. The summed E-state index contributed by atoms with van der Waals surface area (Å²) >= 11 is 0. The summed E-state index contributed by atoms with van der Waals surface area (Å²) in [6.45, 7) is 3.45. The second-order valence-electron chi connectivity index (χ2n) is 6.86. The van der Waals surface area contributed by atoms with Crippen LogP contribution in [0.3, 0.4) is 0 Å². The minimum absolute atomic E-state index is 0.0307. The van der Waals surface area contributed by atoms with Gasteiger partial charge in [-0.1, -0.05) is 43.7 Å². The maximum atomic E-state index is 13.1. The van der Waals surface area contributed by atoms with Gasteiger partial charge in [-0.2, -0.15) is 4.31 Å². The summed E-state index contributed by atoms with van der Waals surface area (Å²) in [6.07, 6.45) is 3.41. The first-order chi connectivity index (χ1) is 12.5. The van der Waals surface area contributed by atoms with E-state index in [-0.39, 0.29) is 18.4 Å². The second-order valence-corrected chi connectivity index (χ2v) is 8.79. The highest BCUT2D eigenvalue weighted by Gasteiger charge is 2.33. The Morgan fingerprint density at radius 3 is 2.73 bits per heavy atom. The highest BCUT2D eigenvalue weighted by molar-refractivity contribution is 7.89. The number of carbonyl (C=O) groups excluding carboxylic acids is 1. The molecule has 0 bridgehead atoms. The smallest absolute Gasteiger partial charge is 0.243 e. The van der Waals surface area contributed by atoms with E-state index in [1.807, 2.05) is 30.3 Å². The zero-order valence-corrected chi connectivity index (χ0v) is 16.0. The SMILES string of the molecule is CCCCNC(=O)[C@H]1CCCN(S(=O)(=O)c2ccc3ccccc3c2)C1. The maximum Gasteiger partial charge on any atom is 0.243 e. The molecular weight excluding hydrogens is 348 g/mol. The van der Waals surface area contributed by atoms with Crippen LogP contribution >= 0.6 is 0 Å². The normalized spacial score (nSPS) is 18.7. The molecule has 6 heteroatoms. The molecule has 0 aliphatic carbocycles. The van der Waals surface area contributed by atoms with Crippen LogP contribution in [0, 0.1) is 5.92 Å². The fraction of sp³-hybridized carbons (Fsp3) is 0.450. The molecule has 0 unspecified atom stereocenters. The van der Waals surface area contributed by atoms with E-state index in [2.05, 4.69) is 12.2 Å². The number of benzene rings is 2. The second kappa shape index (κ2) is 8.18. The predicted molar refractivity (Wildman–Crippen MR) is 103 cm³/mol. The Morgan fingerprint density at radius 2 is 1.96 bits per heavy atom. The summed E-state index contributed by atoms with van der Waals surface area (Å²) in [7, 11) is -3.59. The standard InChI is InChI=1S/C20H26N2O3S/c1-2-3-12-21-20(23)18-9-6-13-22(15-18)26(24,25)19-11-10-16-7-4-5-8-17(16)14-19/h4-5,7-8,10-11,14,18H,2-3,6,9,12-13,15H2,1H3,(H,21,23)/t18-/m0/s1. The number of nitrogens with zero attached hydrogens (tertiary/aromatic N) is 1. The van der Waals surface area contributed by atoms with Crippen molar-refractivity contribution in [2.24, 2.45) is 5.92 Å². The van der Waals surface area contributed by atoms with Gasteiger partial charge in [0.1, 0.15) is 0 Å². The number of amides is 1. The maximum absolute atomic E-state index is 13.1. The third-order valence-corrected chi connectivity index (χ3v) is 6.80. The molecule has 1 amide bonds. The van der Waals surface area contributed by atoms with E-state index in [0.29, 0.717) is 24.4 Å². The van der Waals surface area contributed by atoms with Crippen LogP contribution in [0.5, 0.6) is 0 Å². The van der Waals surface area contributed by atoms with Crippen molar-refractivity contribution in [3.05, 3.63) is 42.5 Å². The molecule has 26 heavy (non-hydrogen) atoms. The number of nitrogens with one attached hydrogen (secondary N) is 1.